The third kappa shape index (κ3) is 5.72. The van der Waals surface area contributed by atoms with E-state index < -0.39 is 6.36 Å². The van der Waals surface area contributed by atoms with Crippen molar-refractivity contribution >= 4 is 12.4 Å². The number of benzene rings is 1. The molecule has 0 unspecified atom stereocenters. The number of alkyl halides is 3. The van der Waals surface area contributed by atoms with E-state index in [0.29, 0.717) is 5.75 Å². The second-order valence-electron chi connectivity index (χ2n) is 5.54. The summed E-state index contributed by atoms with van der Waals surface area (Å²) in [6, 6.07) is 4.31. The zero-order valence-corrected chi connectivity index (χ0v) is 14.7. The van der Waals surface area contributed by atoms with Crippen molar-refractivity contribution in [3.05, 3.63) is 23.8 Å². The van der Waals surface area contributed by atoms with E-state index in [-0.39, 0.29) is 24.2 Å². The molecule has 0 radical (unpaired) electrons. The molecule has 0 aliphatic carbocycles. The summed E-state index contributed by atoms with van der Waals surface area (Å²) in [5, 5.41) is 3.29. The number of hydrogen-bond donors (Lipinski definition) is 1. The fourth-order valence-corrected chi connectivity index (χ4v) is 2.97. The summed E-state index contributed by atoms with van der Waals surface area (Å²) >= 11 is 0. The molecule has 0 amide bonds. The Morgan fingerprint density at radius 2 is 1.92 bits per heavy atom. The van der Waals surface area contributed by atoms with Crippen molar-refractivity contribution in [2.75, 3.05) is 33.3 Å². The van der Waals surface area contributed by atoms with Crippen LogP contribution < -0.4 is 14.8 Å². The first-order valence-electron chi connectivity index (χ1n) is 7.83. The molecule has 0 spiro atoms. The molecule has 1 aromatic carbocycles. The van der Waals surface area contributed by atoms with Crippen LogP contribution in [0, 0.1) is 0 Å². The maximum Gasteiger partial charge on any atom is 0.573 e. The zero-order valence-electron chi connectivity index (χ0n) is 13.9. The molecule has 8 heteroatoms. The van der Waals surface area contributed by atoms with Crippen molar-refractivity contribution < 1.29 is 22.6 Å². The number of rotatable bonds is 6. The van der Waals surface area contributed by atoms with E-state index in [0.717, 1.165) is 44.6 Å². The van der Waals surface area contributed by atoms with Crippen molar-refractivity contribution in [1.29, 1.82) is 0 Å². The molecule has 1 atom stereocenters. The van der Waals surface area contributed by atoms with E-state index >= 15 is 0 Å². The molecular weight excluding hydrogens is 345 g/mol. The zero-order chi connectivity index (χ0) is 16.9. The highest BCUT2D eigenvalue weighted by molar-refractivity contribution is 5.85. The van der Waals surface area contributed by atoms with E-state index in [2.05, 4.69) is 21.9 Å². The first-order chi connectivity index (χ1) is 10.9. The molecule has 2 rings (SSSR count). The fourth-order valence-electron chi connectivity index (χ4n) is 2.97. The number of piperazine rings is 1. The Labute approximate surface area is 146 Å². The largest absolute Gasteiger partial charge is 0.573 e. The molecule has 138 valence electrons. The Kier molecular flexibility index (Phi) is 8.12. The number of ether oxygens (including phenoxy) is 2. The van der Waals surface area contributed by atoms with Gasteiger partial charge in [0.15, 0.2) is 0 Å². The highest BCUT2D eigenvalue weighted by Crippen LogP contribution is 2.36. The predicted molar refractivity (Wildman–Crippen MR) is 89.0 cm³/mol. The number of hydrogen-bond acceptors (Lipinski definition) is 4. The van der Waals surface area contributed by atoms with E-state index in [1.54, 1.807) is 6.07 Å². The van der Waals surface area contributed by atoms with Crippen LogP contribution in [0.3, 0.4) is 0 Å². The number of halogens is 4. The molecule has 1 aromatic rings. The van der Waals surface area contributed by atoms with Gasteiger partial charge in [-0.25, -0.2) is 0 Å². The van der Waals surface area contributed by atoms with Crippen LogP contribution in [0.15, 0.2) is 18.2 Å². The number of nitrogens with one attached hydrogen (secondary N) is 1. The molecule has 1 fully saturated rings. The van der Waals surface area contributed by atoms with Crippen LogP contribution in [0.4, 0.5) is 13.2 Å². The van der Waals surface area contributed by atoms with Crippen molar-refractivity contribution in [3.63, 3.8) is 0 Å². The highest BCUT2D eigenvalue weighted by Gasteiger charge is 2.32. The molecule has 1 aliphatic rings. The van der Waals surface area contributed by atoms with Crippen molar-refractivity contribution in [1.82, 2.24) is 10.2 Å². The van der Waals surface area contributed by atoms with Crippen LogP contribution in [0.2, 0.25) is 0 Å². The SMILES string of the molecule is CCC[C@@H](c1cc(OC(F)(F)F)ccc1OC)N1CCNCC1.Cl. The lowest BCUT2D eigenvalue weighted by molar-refractivity contribution is -0.274. The van der Waals surface area contributed by atoms with Gasteiger partial charge in [0.05, 0.1) is 7.11 Å². The average molecular weight is 369 g/mol. The van der Waals surface area contributed by atoms with E-state index in [1.165, 1.54) is 19.2 Å². The van der Waals surface area contributed by atoms with Crippen molar-refractivity contribution in [2.24, 2.45) is 0 Å². The summed E-state index contributed by atoms with van der Waals surface area (Å²) in [5.74, 6) is 0.390. The second-order valence-corrected chi connectivity index (χ2v) is 5.54. The lowest BCUT2D eigenvalue weighted by Gasteiger charge is -2.36. The monoisotopic (exact) mass is 368 g/mol. The second kappa shape index (κ2) is 9.34. The summed E-state index contributed by atoms with van der Waals surface area (Å²) in [6.07, 6.45) is -2.91. The molecule has 1 N–H and O–H groups in total. The van der Waals surface area contributed by atoms with Crippen LogP contribution >= 0.6 is 12.4 Å². The molecular formula is C16H24ClF3N2O2. The van der Waals surface area contributed by atoms with E-state index in [1.807, 2.05) is 0 Å². The van der Waals surface area contributed by atoms with Gasteiger partial charge in [-0.2, -0.15) is 0 Å². The lowest BCUT2D eigenvalue weighted by atomic mass is 9.98. The third-order valence-electron chi connectivity index (χ3n) is 3.95. The van der Waals surface area contributed by atoms with Gasteiger partial charge in [0.25, 0.3) is 0 Å². The minimum atomic E-state index is -4.69. The topological polar surface area (TPSA) is 33.7 Å². The summed E-state index contributed by atoms with van der Waals surface area (Å²) in [5.41, 5.74) is 0.748. The maximum atomic E-state index is 12.5. The Hall–Kier alpha value is -1.18. The molecule has 0 saturated carbocycles. The van der Waals surface area contributed by atoms with Gasteiger partial charge in [-0.15, -0.1) is 25.6 Å². The van der Waals surface area contributed by atoms with Crippen LogP contribution in [0.1, 0.15) is 31.4 Å². The first-order valence-corrected chi connectivity index (χ1v) is 7.83. The number of methoxy groups -OCH3 is 1. The van der Waals surface area contributed by atoms with Gasteiger partial charge in [0.2, 0.25) is 0 Å². The minimum Gasteiger partial charge on any atom is -0.496 e. The van der Waals surface area contributed by atoms with Crippen LogP contribution in [0.5, 0.6) is 11.5 Å². The van der Waals surface area contributed by atoms with Gasteiger partial charge in [-0.3, -0.25) is 4.90 Å². The Morgan fingerprint density at radius 1 is 1.25 bits per heavy atom. The third-order valence-corrected chi connectivity index (χ3v) is 3.95. The molecule has 4 nitrogen and oxygen atoms in total. The molecule has 24 heavy (non-hydrogen) atoms. The average Bonchev–Trinajstić information content (AvgIpc) is 2.52. The fraction of sp³-hybridized carbons (Fsp3) is 0.625. The summed E-state index contributed by atoms with van der Waals surface area (Å²) in [7, 11) is 1.53. The Morgan fingerprint density at radius 3 is 2.46 bits per heavy atom. The standard InChI is InChI=1S/C16H23F3N2O2.ClH/c1-3-4-14(21-9-7-20-8-10-21)13-11-12(23-16(17,18)19)5-6-15(13)22-2;/h5-6,11,14,20H,3-4,7-10H2,1-2H3;1H/t14-;/m0./s1. The lowest BCUT2D eigenvalue weighted by Crippen LogP contribution is -2.45. The van der Waals surface area contributed by atoms with Crippen molar-refractivity contribution in [3.8, 4) is 11.5 Å². The smallest absolute Gasteiger partial charge is 0.496 e. The normalized spacial score (nSPS) is 17.0. The van der Waals surface area contributed by atoms with Gasteiger partial charge in [-0.1, -0.05) is 13.3 Å². The minimum absolute atomic E-state index is 0. The van der Waals surface area contributed by atoms with Gasteiger partial charge in [0, 0.05) is 37.8 Å². The molecule has 0 aromatic heterocycles. The number of nitrogens with zero attached hydrogens (tertiary/aromatic N) is 1. The first kappa shape index (κ1) is 20.9. The Bertz CT molecular complexity index is 509. The maximum absolute atomic E-state index is 12.5. The van der Waals surface area contributed by atoms with Crippen molar-refractivity contribution in [2.45, 2.75) is 32.2 Å². The summed E-state index contributed by atoms with van der Waals surface area (Å²) < 4.78 is 46.9. The van der Waals surface area contributed by atoms with Gasteiger partial charge >= 0.3 is 6.36 Å². The van der Waals surface area contributed by atoms with Gasteiger partial charge in [0.1, 0.15) is 11.5 Å². The van der Waals surface area contributed by atoms with Crippen LogP contribution in [-0.4, -0.2) is 44.6 Å². The molecule has 1 aliphatic heterocycles. The van der Waals surface area contributed by atoms with Gasteiger partial charge in [-0.05, 0) is 24.6 Å². The highest BCUT2D eigenvalue weighted by atomic mass is 35.5. The molecule has 1 saturated heterocycles. The predicted octanol–water partition coefficient (Wildman–Crippen LogP) is 3.76. The van der Waals surface area contributed by atoms with Crippen LogP contribution in [0.25, 0.3) is 0 Å². The molecule has 0 bridgehead atoms. The van der Waals surface area contributed by atoms with Gasteiger partial charge < -0.3 is 14.8 Å². The van der Waals surface area contributed by atoms with Crippen LogP contribution in [-0.2, 0) is 0 Å². The quantitative estimate of drug-likeness (QED) is 0.829. The van der Waals surface area contributed by atoms with E-state index in [4.69, 9.17) is 4.74 Å². The summed E-state index contributed by atoms with van der Waals surface area (Å²) in [4.78, 5) is 2.29. The Balaban J connectivity index is 0.00000288. The summed E-state index contributed by atoms with van der Waals surface area (Å²) in [6.45, 7) is 5.54. The van der Waals surface area contributed by atoms with E-state index in [9.17, 15) is 13.2 Å². The molecule has 1 heterocycles.